The molecule has 0 radical (unpaired) electrons. The van der Waals surface area contributed by atoms with E-state index in [2.05, 4.69) is 50.4 Å². The number of esters is 1. The molecule has 58 heavy (non-hydrogen) atoms. The first-order valence-electron chi connectivity index (χ1n) is 25.6. The maximum Gasteiger partial charge on any atom is 0.306 e. The lowest BCUT2D eigenvalue weighted by Gasteiger charge is -2.24. The van der Waals surface area contributed by atoms with Crippen molar-refractivity contribution in [1.29, 1.82) is 0 Å². The Hall–Kier alpha value is -1.66. The predicted molar refractivity (Wildman–Crippen MR) is 250 cm³/mol. The van der Waals surface area contributed by atoms with Crippen molar-refractivity contribution in [2.75, 3.05) is 6.61 Å². The highest BCUT2D eigenvalue weighted by atomic mass is 16.5. The van der Waals surface area contributed by atoms with Gasteiger partial charge in [0.25, 0.3) is 0 Å². The third-order valence-electron chi connectivity index (χ3n) is 11.8. The normalized spacial score (nSPS) is 13.4. The zero-order valence-electron chi connectivity index (χ0n) is 38.9. The number of aliphatic hydroxyl groups is 2. The Labute approximate surface area is 361 Å². The predicted octanol–water partition coefficient (Wildman–Crippen LogP) is 15.1. The van der Waals surface area contributed by atoms with E-state index in [1.54, 1.807) is 0 Å². The largest absolute Gasteiger partial charge is 0.462 e. The van der Waals surface area contributed by atoms with E-state index in [1.165, 1.54) is 173 Å². The molecule has 3 unspecified atom stereocenters. The molecule has 0 aromatic heterocycles. The number of rotatable bonds is 46. The van der Waals surface area contributed by atoms with Gasteiger partial charge in [0.2, 0.25) is 5.91 Å². The third-order valence-corrected chi connectivity index (χ3v) is 11.8. The van der Waals surface area contributed by atoms with Crippen LogP contribution >= 0.6 is 0 Å². The average molecular weight is 818 g/mol. The lowest BCUT2D eigenvalue weighted by Crippen LogP contribution is -2.46. The van der Waals surface area contributed by atoms with Crippen molar-refractivity contribution < 1.29 is 24.5 Å². The summed E-state index contributed by atoms with van der Waals surface area (Å²) in [5.74, 6) is -0.474. The quantitative estimate of drug-likeness (QED) is 0.0323. The molecule has 0 saturated carbocycles. The molecule has 0 saturated heterocycles. The monoisotopic (exact) mass is 818 g/mol. The molecule has 0 rings (SSSR count). The van der Waals surface area contributed by atoms with Crippen LogP contribution in [0.25, 0.3) is 0 Å². The van der Waals surface area contributed by atoms with Crippen molar-refractivity contribution in [3.63, 3.8) is 0 Å². The van der Waals surface area contributed by atoms with Crippen molar-refractivity contribution in [2.24, 2.45) is 0 Å². The maximum atomic E-state index is 13.2. The number of unbranched alkanes of at least 4 members (excludes halogenated alkanes) is 31. The van der Waals surface area contributed by atoms with Gasteiger partial charge in [-0.3, -0.25) is 9.59 Å². The summed E-state index contributed by atoms with van der Waals surface area (Å²) in [5.41, 5.74) is 0. The molecule has 0 aliphatic heterocycles. The van der Waals surface area contributed by atoms with Crippen molar-refractivity contribution in [3.05, 3.63) is 24.3 Å². The first-order valence-corrected chi connectivity index (χ1v) is 25.6. The summed E-state index contributed by atoms with van der Waals surface area (Å²) in [5, 5.41) is 23.7. The minimum absolute atomic E-state index is 0.0781. The summed E-state index contributed by atoms with van der Waals surface area (Å²) < 4.78 is 5.93. The second-order valence-corrected chi connectivity index (χ2v) is 17.6. The number of amides is 1. The van der Waals surface area contributed by atoms with E-state index in [0.717, 1.165) is 51.4 Å². The van der Waals surface area contributed by atoms with E-state index in [-0.39, 0.29) is 24.9 Å². The molecule has 0 aliphatic rings. The number of hydrogen-bond donors (Lipinski definition) is 3. The van der Waals surface area contributed by atoms with Gasteiger partial charge in [-0.2, -0.15) is 0 Å². The Kier molecular flexibility index (Phi) is 45.1. The van der Waals surface area contributed by atoms with E-state index in [1.807, 2.05) is 0 Å². The summed E-state index contributed by atoms with van der Waals surface area (Å²) in [6, 6.07) is -0.698. The molecule has 6 nitrogen and oxygen atoms in total. The minimum Gasteiger partial charge on any atom is -0.462 e. The number of allylic oxidation sites excluding steroid dienone is 4. The van der Waals surface area contributed by atoms with Gasteiger partial charge in [-0.25, -0.2) is 0 Å². The molecule has 6 heteroatoms. The standard InChI is InChI=1S/C52H99NO5/c1-4-7-10-13-16-19-22-24-25-27-30-33-36-39-42-45-52(57)58-48(43-40-37-34-31-29-26-23-20-17-14-11-8-5-2)46-51(56)53-49(47-54)50(55)44-41-38-35-32-28-21-18-15-12-9-6-3/h16,19,22,24,48-50,54-55H,4-15,17-18,20-21,23,25-47H2,1-3H3,(H,53,56)/b19-16+,24-22+. The van der Waals surface area contributed by atoms with Gasteiger partial charge in [0.05, 0.1) is 25.2 Å². The number of hydrogen-bond acceptors (Lipinski definition) is 5. The van der Waals surface area contributed by atoms with Gasteiger partial charge in [-0.05, 0) is 51.4 Å². The van der Waals surface area contributed by atoms with Gasteiger partial charge in [0, 0.05) is 6.42 Å². The van der Waals surface area contributed by atoms with E-state index in [9.17, 15) is 19.8 Å². The summed E-state index contributed by atoms with van der Waals surface area (Å²) in [6.07, 6.45) is 52.3. The van der Waals surface area contributed by atoms with Gasteiger partial charge >= 0.3 is 5.97 Å². The Bertz CT molecular complexity index is 919. The van der Waals surface area contributed by atoms with Crippen LogP contribution in [0.1, 0.15) is 271 Å². The van der Waals surface area contributed by atoms with Crippen molar-refractivity contribution in [3.8, 4) is 0 Å². The molecule has 0 heterocycles. The molecule has 0 spiro atoms. The molecule has 0 aromatic carbocycles. The Morgan fingerprint density at radius 2 is 0.862 bits per heavy atom. The number of carbonyl (C=O) groups is 2. The summed E-state index contributed by atoms with van der Waals surface area (Å²) >= 11 is 0. The molecule has 0 aromatic rings. The zero-order chi connectivity index (χ0) is 42.4. The Balaban J connectivity index is 4.57. The van der Waals surface area contributed by atoms with E-state index in [4.69, 9.17) is 4.74 Å². The fraction of sp³-hybridized carbons (Fsp3) is 0.885. The van der Waals surface area contributed by atoms with Crippen LogP contribution in [0, 0.1) is 0 Å². The fourth-order valence-corrected chi connectivity index (χ4v) is 7.89. The first kappa shape index (κ1) is 56.3. The van der Waals surface area contributed by atoms with Gasteiger partial charge in [-0.1, -0.05) is 231 Å². The minimum atomic E-state index is -0.784. The molecule has 1 amide bonds. The topological polar surface area (TPSA) is 95.9 Å². The Morgan fingerprint density at radius 1 is 0.500 bits per heavy atom. The summed E-state index contributed by atoms with van der Waals surface area (Å²) in [6.45, 7) is 6.46. The fourth-order valence-electron chi connectivity index (χ4n) is 7.89. The van der Waals surface area contributed by atoms with Crippen molar-refractivity contribution >= 4 is 11.9 Å². The average Bonchev–Trinajstić information content (AvgIpc) is 3.22. The van der Waals surface area contributed by atoms with Gasteiger partial charge in [0.15, 0.2) is 0 Å². The van der Waals surface area contributed by atoms with Gasteiger partial charge < -0.3 is 20.3 Å². The van der Waals surface area contributed by atoms with E-state index < -0.39 is 18.2 Å². The van der Waals surface area contributed by atoms with E-state index in [0.29, 0.717) is 19.3 Å². The molecular weight excluding hydrogens is 719 g/mol. The van der Waals surface area contributed by atoms with Crippen molar-refractivity contribution in [2.45, 2.75) is 289 Å². The van der Waals surface area contributed by atoms with Crippen LogP contribution in [0.15, 0.2) is 24.3 Å². The number of nitrogens with one attached hydrogen (secondary N) is 1. The lowest BCUT2D eigenvalue weighted by molar-refractivity contribution is -0.151. The highest BCUT2D eigenvalue weighted by Gasteiger charge is 2.24. The summed E-state index contributed by atoms with van der Waals surface area (Å²) in [4.78, 5) is 26.1. The first-order chi connectivity index (χ1) is 28.5. The molecule has 342 valence electrons. The molecule has 3 atom stereocenters. The molecule has 0 aliphatic carbocycles. The van der Waals surface area contributed by atoms with Crippen LogP contribution < -0.4 is 5.32 Å². The van der Waals surface area contributed by atoms with Crippen LogP contribution in [-0.2, 0) is 14.3 Å². The van der Waals surface area contributed by atoms with Crippen LogP contribution in [0.5, 0.6) is 0 Å². The summed E-state index contributed by atoms with van der Waals surface area (Å²) in [7, 11) is 0. The highest BCUT2D eigenvalue weighted by Crippen LogP contribution is 2.18. The maximum absolute atomic E-state index is 13.2. The third kappa shape index (κ3) is 41.1. The number of aliphatic hydroxyl groups excluding tert-OH is 2. The zero-order valence-corrected chi connectivity index (χ0v) is 38.9. The van der Waals surface area contributed by atoms with Gasteiger partial charge in [0.1, 0.15) is 6.10 Å². The molecular formula is C52H99NO5. The smallest absolute Gasteiger partial charge is 0.306 e. The molecule has 0 fully saturated rings. The van der Waals surface area contributed by atoms with Crippen molar-refractivity contribution in [1.82, 2.24) is 5.32 Å². The number of ether oxygens (including phenoxy) is 1. The molecule has 0 bridgehead atoms. The van der Waals surface area contributed by atoms with Crippen LogP contribution in [-0.4, -0.2) is 46.9 Å². The molecule has 3 N–H and O–H groups in total. The highest BCUT2D eigenvalue weighted by molar-refractivity contribution is 5.77. The van der Waals surface area contributed by atoms with Gasteiger partial charge in [-0.15, -0.1) is 0 Å². The Morgan fingerprint density at radius 3 is 1.31 bits per heavy atom. The van der Waals surface area contributed by atoms with Crippen LogP contribution in [0.2, 0.25) is 0 Å². The lowest BCUT2D eigenvalue weighted by atomic mass is 10.0. The van der Waals surface area contributed by atoms with E-state index >= 15 is 0 Å². The second kappa shape index (κ2) is 46.4. The second-order valence-electron chi connectivity index (χ2n) is 17.6. The van der Waals surface area contributed by atoms with Crippen LogP contribution in [0.4, 0.5) is 0 Å². The van der Waals surface area contributed by atoms with Crippen LogP contribution in [0.3, 0.4) is 0 Å². The number of carbonyl (C=O) groups excluding carboxylic acids is 2. The SMILES string of the molecule is CCCCC/C=C/C=C/CCCCCCCCC(=O)OC(CCCCCCCCCCCCCCC)CC(=O)NC(CO)C(O)CCCCCCCCCCCCC.